The molecule has 1 aliphatic rings. The fraction of sp³-hybridized carbons (Fsp3) is 1.00. The molecule has 15 heavy (non-hydrogen) atoms. The molecule has 1 rings (SSSR count). The van der Waals surface area contributed by atoms with Gasteiger partial charge in [0, 0.05) is 25.4 Å². The largest absolute Gasteiger partial charge is 0.319 e. The second kappa shape index (κ2) is 6.77. The van der Waals surface area contributed by atoms with E-state index in [1.165, 1.54) is 44.0 Å². The van der Waals surface area contributed by atoms with Crippen molar-refractivity contribution in [3.8, 4) is 0 Å². The Balaban J connectivity index is 2.41. The lowest BCUT2D eigenvalue weighted by molar-refractivity contribution is 0.166. The number of nitrogens with one attached hydrogen (secondary N) is 1. The zero-order valence-electron chi connectivity index (χ0n) is 10.5. The Hall–Kier alpha value is 0.270. The van der Waals surface area contributed by atoms with E-state index in [2.05, 4.69) is 42.9 Å². The Morgan fingerprint density at radius 1 is 1.33 bits per heavy atom. The zero-order chi connectivity index (χ0) is 11.1. The summed E-state index contributed by atoms with van der Waals surface area (Å²) in [5, 5.41) is 3.33. The van der Waals surface area contributed by atoms with Gasteiger partial charge < -0.3 is 10.2 Å². The smallest absolute Gasteiger partial charge is 0.00726 e. The van der Waals surface area contributed by atoms with Crippen LogP contribution in [0.1, 0.15) is 26.7 Å². The van der Waals surface area contributed by atoms with E-state index in [1.54, 1.807) is 0 Å². The summed E-state index contributed by atoms with van der Waals surface area (Å²) in [6.45, 7) is 9.68. The SMILES string of the molecule is CCC(C)(CNC)CN1CCCSCC1. The lowest BCUT2D eigenvalue weighted by Crippen LogP contribution is -2.42. The minimum absolute atomic E-state index is 0.448. The molecule has 1 fully saturated rings. The molecule has 0 aromatic rings. The molecular formula is C12H26N2S. The van der Waals surface area contributed by atoms with Crippen molar-refractivity contribution in [2.24, 2.45) is 5.41 Å². The molecule has 0 aromatic heterocycles. The van der Waals surface area contributed by atoms with Crippen molar-refractivity contribution >= 4 is 11.8 Å². The Morgan fingerprint density at radius 2 is 2.13 bits per heavy atom. The molecule has 0 saturated carbocycles. The first kappa shape index (κ1) is 13.3. The molecule has 1 atom stereocenters. The highest BCUT2D eigenvalue weighted by Crippen LogP contribution is 2.23. The fourth-order valence-corrected chi connectivity index (χ4v) is 3.14. The molecule has 0 aromatic carbocycles. The third kappa shape index (κ3) is 4.75. The van der Waals surface area contributed by atoms with Crippen LogP contribution in [0.2, 0.25) is 0 Å². The molecule has 1 unspecified atom stereocenters. The van der Waals surface area contributed by atoms with Gasteiger partial charge in [0.1, 0.15) is 0 Å². The first-order valence-corrected chi connectivity index (χ1v) is 7.30. The van der Waals surface area contributed by atoms with Crippen LogP contribution in [0, 0.1) is 5.41 Å². The van der Waals surface area contributed by atoms with Gasteiger partial charge in [-0.1, -0.05) is 13.8 Å². The van der Waals surface area contributed by atoms with Gasteiger partial charge in [0.25, 0.3) is 0 Å². The monoisotopic (exact) mass is 230 g/mol. The van der Waals surface area contributed by atoms with E-state index in [0.717, 1.165) is 6.54 Å². The molecule has 1 N–H and O–H groups in total. The van der Waals surface area contributed by atoms with Crippen molar-refractivity contribution in [3.63, 3.8) is 0 Å². The predicted molar refractivity (Wildman–Crippen MR) is 70.7 cm³/mol. The molecule has 1 saturated heterocycles. The normalized spacial score (nSPS) is 23.4. The van der Waals surface area contributed by atoms with Crippen LogP contribution in [0.15, 0.2) is 0 Å². The zero-order valence-corrected chi connectivity index (χ0v) is 11.3. The summed E-state index contributed by atoms with van der Waals surface area (Å²) in [4.78, 5) is 2.65. The van der Waals surface area contributed by atoms with Crippen LogP contribution >= 0.6 is 11.8 Å². The first-order valence-electron chi connectivity index (χ1n) is 6.15. The second-order valence-corrected chi connectivity index (χ2v) is 6.16. The topological polar surface area (TPSA) is 15.3 Å². The summed E-state index contributed by atoms with van der Waals surface area (Å²) >= 11 is 2.11. The van der Waals surface area contributed by atoms with Gasteiger partial charge >= 0.3 is 0 Å². The van der Waals surface area contributed by atoms with Gasteiger partial charge in [0.05, 0.1) is 0 Å². The average molecular weight is 230 g/mol. The van der Waals surface area contributed by atoms with Crippen LogP contribution in [0.4, 0.5) is 0 Å². The van der Waals surface area contributed by atoms with Crippen LogP contribution in [0.5, 0.6) is 0 Å². The Labute approximate surface area is 99.2 Å². The van der Waals surface area contributed by atoms with Crippen molar-refractivity contribution in [2.75, 3.05) is 44.7 Å². The Morgan fingerprint density at radius 3 is 2.80 bits per heavy atom. The van der Waals surface area contributed by atoms with E-state index in [9.17, 15) is 0 Å². The maximum atomic E-state index is 3.33. The van der Waals surface area contributed by atoms with Crippen LogP contribution in [0.25, 0.3) is 0 Å². The predicted octanol–water partition coefficient (Wildman–Crippen LogP) is 2.06. The van der Waals surface area contributed by atoms with E-state index >= 15 is 0 Å². The maximum absolute atomic E-state index is 3.33. The molecule has 0 radical (unpaired) electrons. The lowest BCUT2D eigenvalue weighted by Gasteiger charge is -2.34. The minimum atomic E-state index is 0.448. The summed E-state index contributed by atoms with van der Waals surface area (Å²) < 4.78 is 0. The van der Waals surface area contributed by atoms with Crippen LogP contribution in [-0.4, -0.2) is 49.6 Å². The van der Waals surface area contributed by atoms with E-state index in [0.29, 0.717) is 5.41 Å². The van der Waals surface area contributed by atoms with Gasteiger partial charge in [-0.3, -0.25) is 0 Å². The van der Waals surface area contributed by atoms with Gasteiger partial charge in [-0.05, 0) is 37.6 Å². The molecule has 0 aliphatic carbocycles. The highest BCUT2D eigenvalue weighted by atomic mass is 32.2. The number of hydrogen-bond donors (Lipinski definition) is 1. The number of thioether (sulfide) groups is 1. The number of nitrogens with zero attached hydrogens (tertiary/aromatic N) is 1. The third-order valence-electron chi connectivity index (χ3n) is 3.38. The first-order chi connectivity index (χ1) is 7.20. The molecule has 2 nitrogen and oxygen atoms in total. The molecule has 90 valence electrons. The molecule has 0 spiro atoms. The molecular weight excluding hydrogens is 204 g/mol. The van der Waals surface area contributed by atoms with Crippen LogP contribution in [-0.2, 0) is 0 Å². The Bertz CT molecular complexity index is 167. The molecule has 1 aliphatic heterocycles. The quantitative estimate of drug-likeness (QED) is 0.778. The molecule has 3 heteroatoms. The summed E-state index contributed by atoms with van der Waals surface area (Å²) in [5.74, 6) is 2.67. The van der Waals surface area contributed by atoms with E-state index in [4.69, 9.17) is 0 Å². The molecule has 0 bridgehead atoms. The summed E-state index contributed by atoms with van der Waals surface area (Å²) in [7, 11) is 2.06. The van der Waals surface area contributed by atoms with E-state index < -0.39 is 0 Å². The van der Waals surface area contributed by atoms with Crippen molar-refractivity contribution in [2.45, 2.75) is 26.7 Å². The van der Waals surface area contributed by atoms with Crippen LogP contribution < -0.4 is 5.32 Å². The van der Waals surface area contributed by atoms with Crippen molar-refractivity contribution < 1.29 is 0 Å². The van der Waals surface area contributed by atoms with Crippen molar-refractivity contribution in [3.05, 3.63) is 0 Å². The third-order valence-corrected chi connectivity index (χ3v) is 4.43. The molecule has 0 amide bonds. The van der Waals surface area contributed by atoms with Crippen molar-refractivity contribution in [1.82, 2.24) is 10.2 Å². The lowest BCUT2D eigenvalue weighted by atomic mass is 9.86. The molecule has 1 heterocycles. The van der Waals surface area contributed by atoms with Gasteiger partial charge in [0.15, 0.2) is 0 Å². The summed E-state index contributed by atoms with van der Waals surface area (Å²) in [6.07, 6.45) is 2.63. The van der Waals surface area contributed by atoms with E-state index in [-0.39, 0.29) is 0 Å². The summed E-state index contributed by atoms with van der Waals surface area (Å²) in [5.41, 5.74) is 0.448. The van der Waals surface area contributed by atoms with Gasteiger partial charge in [0.2, 0.25) is 0 Å². The maximum Gasteiger partial charge on any atom is 0.00726 e. The minimum Gasteiger partial charge on any atom is -0.319 e. The average Bonchev–Trinajstić information content (AvgIpc) is 2.47. The summed E-state index contributed by atoms with van der Waals surface area (Å²) in [6, 6.07) is 0. The van der Waals surface area contributed by atoms with Gasteiger partial charge in [-0.25, -0.2) is 0 Å². The fourth-order valence-electron chi connectivity index (χ4n) is 2.22. The number of rotatable bonds is 5. The highest BCUT2D eigenvalue weighted by Gasteiger charge is 2.24. The van der Waals surface area contributed by atoms with Gasteiger partial charge in [-0.2, -0.15) is 11.8 Å². The number of hydrogen-bond acceptors (Lipinski definition) is 3. The standard InChI is InChI=1S/C12H26N2S/c1-4-12(2,10-13-3)11-14-6-5-8-15-9-7-14/h13H,4-11H2,1-3H3. The van der Waals surface area contributed by atoms with E-state index in [1.807, 2.05) is 0 Å². The van der Waals surface area contributed by atoms with Crippen LogP contribution in [0.3, 0.4) is 0 Å². The van der Waals surface area contributed by atoms with Crippen molar-refractivity contribution in [1.29, 1.82) is 0 Å². The Kier molecular flexibility index (Phi) is 6.02. The van der Waals surface area contributed by atoms with Gasteiger partial charge in [-0.15, -0.1) is 0 Å². The highest BCUT2D eigenvalue weighted by molar-refractivity contribution is 7.99. The second-order valence-electron chi connectivity index (χ2n) is 4.94.